The van der Waals surface area contributed by atoms with Crippen LogP contribution in [0, 0.1) is 6.92 Å². The summed E-state index contributed by atoms with van der Waals surface area (Å²) < 4.78 is 38.3. The second-order valence-corrected chi connectivity index (χ2v) is 10.2. The van der Waals surface area contributed by atoms with E-state index in [2.05, 4.69) is 15.2 Å². The number of hydrogen-bond donors (Lipinski definition) is 0. The van der Waals surface area contributed by atoms with Crippen LogP contribution in [0.5, 0.6) is 0 Å². The highest BCUT2D eigenvalue weighted by atomic mass is 32.2. The minimum atomic E-state index is -3.57. The average molecular weight is 485 g/mol. The second-order valence-electron chi connectivity index (χ2n) is 7.29. The molecule has 0 unspecified atom stereocenters. The van der Waals surface area contributed by atoms with Crippen molar-refractivity contribution in [3.63, 3.8) is 0 Å². The fourth-order valence-electron chi connectivity index (χ4n) is 3.22. The lowest BCUT2D eigenvalue weighted by Gasteiger charge is -2.18. The zero-order valence-corrected chi connectivity index (χ0v) is 20.2. The van der Waals surface area contributed by atoms with Gasteiger partial charge >= 0.3 is 0 Å². The number of benzene rings is 2. The van der Waals surface area contributed by atoms with Crippen molar-refractivity contribution in [2.45, 2.75) is 36.6 Å². The van der Waals surface area contributed by atoms with Crippen LogP contribution in [0.3, 0.4) is 0 Å². The van der Waals surface area contributed by atoms with Crippen LogP contribution in [0.4, 0.5) is 0 Å². The molecule has 4 rings (SSSR count). The van der Waals surface area contributed by atoms with Crippen molar-refractivity contribution in [3.8, 4) is 22.9 Å². The highest BCUT2D eigenvalue weighted by molar-refractivity contribution is 7.98. The molecular weight excluding hydrogens is 460 g/mol. The summed E-state index contributed by atoms with van der Waals surface area (Å²) in [7, 11) is -3.57. The minimum Gasteiger partial charge on any atom is -0.444 e. The average Bonchev–Trinajstić information content (AvgIpc) is 3.49. The number of oxazole rings is 1. The van der Waals surface area contributed by atoms with Crippen molar-refractivity contribution in [1.82, 2.24) is 19.5 Å². The molecule has 2 heterocycles. The van der Waals surface area contributed by atoms with Crippen LogP contribution in [-0.2, 0) is 15.8 Å². The minimum absolute atomic E-state index is 0.197. The molecule has 172 valence electrons. The molecule has 0 amide bonds. The molecule has 0 radical (unpaired) electrons. The van der Waals surface area contributed by atoms with Crippen LogP contribution in [-0.4, -0.2) is 41.0 Å². The van der Waals surface area contributed by atoms with Crippen LogP contribution < -0.4 is 0 Å². The number of aryl methyl sites for hydroxylation is 1. The largest absolute Gasteiger partial charge is 0.444 e. The van der Waals surface area contributed by atoms with Gasteiger partial charge in [0.1, 0.15) is 6.26 Å². The highest BCUT2D eigenvalue weighted by Gasteiger charge is 2.22. The van der Waals surface area contributed by atoms with Gasteiger partial charge in [-0.15, -0.1) is 10.2 Å². The summed E-state index contributed by atoms with van der Waals surface area (Å²) in [5.41, 5.74) is 3.38. The first-order chi connectivity index (χ1) is 15.9. The third-order valence-electron chi connectivity index (χ3n) is 5.02. The van der Waals surface area contributed by atoms with Crippen LogP contribution in [0.15, 0.2) is 73.7 Å². The lowest BCUT2D eigenvalue weighted by molar-refractivity contribution is 0.445. The summed E-state index contributed by atoms with van der Waals surface area (Å²) in [6.07, 6.45) is 1.61. The molecule has 2 aromatic heterocycles. The van der Waals surface area contributed by atoms with Crippen LogP contribution in [0.2, 0.25) is 0 Å². The summed E-state index contributed by atoms with van der Waals surface area (Å²) in [5.74, 6) is 1.31. The van der Waals surface area contributed by atoms with E-state index in [1.165, 1.54) is 21.6 Å². The van der Waals surface area contributed by atoms with Gasteiger partial charge in [-0.05, 0) is 37.3 Å². The molecule has 8 nitrogen and oxygen atoms in total. The smallest absolute Gasteiger partial charge is 0.277 e. The Hall–Kier alpha value is -2.95. The van der Waals surface area contributed by atoms with Crippen molar-refractivity contribution in [3.05, 3.63) is 66.1 Å². The van der Waals surface area contributed by atoms with Gasteiger partial charge in [0.05, 0.1) is 10.6 Å². The number of nitrogens with zero attached hydrogens (tertiary/aromatic N) is 4. The van der Waals surface area contributed by atoms with Crippen molar-refractivity contribution in [2.24, 2.45) is 0 Å². The molecule has 10 heteroatoms. The molecule has 0 aliphatic rings. The summed E-state index contributed by atoms with van der Waals surface area (Å²) >= 11 is 1.33. The maximum absolute atomic E-state index is 12.8. The van der Waals surface area contributed by atoms with Gasteiger partial charge in [-0.3, -0.25) is 0 Å². The van der Waals surface area contributed by atoms with Gasteiger partial charge in [0.25, 0.3) is 5.22 Å². The first-order valence-electron chi connectivity index (χ1n) is 10.5. The number of rotatable bonds is 9. The van der Waals surface area contributed by atoms with Gasteiger partial charge in [-0.1, -0.05) is 49.4 Å². The summed E-state index contributed by atoms with van der Waals surface area (Å²) in [5, 5.41) is 8.51. The van der Waals surface area contributed by atoms with E-state index in [4.69, 9.17) is 8.83 Å². The number of hydrogen-bond acceptors (Lipinski definition) is 8. The Morgan fingerprint density at radius 2 is 1.73 bits per heavy atom. The molecule has 0 atom stereocenters. The SMILES string of the molecule is CCN(CC)S(=O)(=O)c1cccc(-c2nnc(SCc3coc(-c4ccc(C)cc4)n3)o2)c1. The van der Waals surface area contributed by atoms with E-state index < -0.39 is 10.0 Å². The van der Waals surface area contributed by atoms with E-state index in [9.17, 15) is 8.42 Å². The quantitative estimate of drug-likeness (QED) is 0.305. The van der Waals surface area contributed by atoms with Gasteiger partial charge in [0, 0.05) is 30.0 Å². The second kappa shape index (κ2) is 9.90. The Bertz CT molecular complexity index is 1330. The third-order valence-corrected chi connectivity index (χ3v) is 7.92. The molecule has 2 aromatic carbocycles. The van der Waals surface area contributed by atoms with E-state index in [0.29, 0.717) is 35.5 Å². The molecule has 0 bridgehead atoms. The van der Waals surface area contributed by atoms with Crippen molar-refractivity contribution in [2.75, 3.05) is 13.1 Å². The van der Waals surface area contributed by atoms with Crippen LogP contribution in [0.1, 0.15) is 25.1 Å². The molecule has 0 aliphatic carbocycles. The zero-order chi connectivity index (χ0) is 23.4. The van der Waals surface area contributed by atoms with Gasteiger partial charge < -0.3 is 8.83 Å². The molecular formula is C23H24N4O4S2. The van der Waals surface area contributed by atoms with E-state index in [1.807, 2.05) is 45.0 Å². The molecule has 0 fully saturated rings. The van der Waals surface area contributed by atoms with E-state index in [-0.39, 0.29) is 10.8 Å². The predicted octanol–water partition coefficient (Wildman–Crippen LogP) is 5.02. The molecule has 0 saturated carbocycles. The lowest BCUT2D eigenvalue weighted by atomic mass is 10.1. The van der Waals surface area contributed by atoms with Crippen molar-refractivity contribution in [1.29, 1.82) is 0 Å². The van der Waals surface area contributed by atoms with Gasteiger partial charge in [-0.25, -0.2) is 13.4 Å². The molecule has 0 N–H and O–H groups in total. The molecule has 4 aromatic rings. The number of aromatic nitrogens is 3. The lowest BCUT2D eigenvalue weighted by Crippen LogP contribution is -2.30. The van der Waals surface area contributed by atoms with Crippen LogP contribution >= 0.6 is 11.8 Å². The Morgan fingerprint density at radius 3 is 2.45 bits per heavy atom. The Morgan fingerprint density at radius 1 is 0.970 bits per heavy atom. The third kappa shape index (κ3) is 5.18. The highest BCUT2D eigenvalue weighted by Crippen LogP contribution is 2.28. The molecule has 0 aliphatic heterocycles. The fourth-order valence-corrected chi connectivity index (χ4v) is 5.37. The van der Waals surface area contributed by atoms with E-state index >= 15 is 0 Å². The van der Waals surface area contributed by atoms with Gasteiger partial charge in [0.2, 0.25) is 21.8 Å². The van der Waals surface area contributed by atoms with E-state index in [0.717, 1.165) is 11.3 Å². The Balaban J connectivity index is 1.45. The predicted molar refractivity (Wildman–Crippen MR) is 126 cm³/mol. The first kappa shape index (κ1) is 23.2. The molecule has 0 spiro atoms. The summed E-state index contributed by atoms with van der Waals surface area (Å²) in [6, 6.07) is 14.5. The topological polar surface area (TPSA) is 102 Å². The van der Waals surface area contributed by atoms with Crippen molar-refractivity contribution >= 4 is 21.8 Å². The standard InChI is InChI=1S/C23H24N4O4S2/c1-4-27(5-2)33(28,29)20-8-6-7-18(13-20)22-25-26-23(31-22)32-15-19-14-30-21(24-19)17-11-9-16(3)10-12-17/h6-14H,4-5,15H2,1-3H3. The number of sulfonamides is 1. The van der Waals surface area contributed by atoms with Gasteiger partial charge in [0.15, 0.2) is 0 Å². The maximum Gasteiger partial charge on any atom is 0.277 e. The molecule has 0 saturated heterocycles. The van der Waals surface area contributed by atoms with Crippen LogP contribution in [0.25, 0.3) is 22.9 Å². The first-order valence-corrected chi connectivity index (χ1v) is 12.9. The molecule has 33 heavy (non-hydrogen) atoms. The van der Waals surface area contributed by atoms with Crippen molar-refractivity contribution < 1.29 is 17.3 Å². The normalized spacial score (nSPS) is 11.9. The number of thioether (sulfide) groups is 1. The Labute approximate surface area is 197 Å². The fraction of sp³-hybridized carbons (Fsp3) is 0.261. The zero-order valence-electron chi connectivity index (χ0n) is 18.6. The maximum atomic E-state index is 12.8. The Kier molecular flexibility index (Phi) is 6.96. The van der Waals surface area contributed by atoms with E-state index in [1.54, 1.807) is 30.5 Å². The van der Waals surface area contributed by atoms with Gasteiger partial charge in [-0.2, -0.15) is 4.31 Å². The monoisotopic (exact) mass is 484 g/mol. The summed E-state index contributed by atoms with van der Waals surface area (Å²) in [4.78, 5) is 4.71. The summed E-state index contributed by atoms with van der Waals surface area (Å²) in [6.45, 7) is 6.45.